The Morgan fingerprint density at radius 3 is 2.61 bits per heavy atom. The van der Waals surface area contributed by atoms with Gasteiger partial charge in [0.1, 0.15) is 44.1 Å². The van der Waals surface area contributed by atoms with Gasteiger partial charge in [-0.2, -0.15) is 0 Å². The summed E-state index contributed by atoms with van der Waals surface area (Å²) in [5.41, 5.74) is 1.01. The van der Waals surface area contributed by atoms with E-state index in [1.165, 1.54) is 31.1 Å². The zero-order valence-corrected chi connectivity index (χ0v) is 22.4. The van der Waals surface area contributed by atoms with Crippen LogP contribution in [0.15, 0.2) is 43.0 Å². The molecule has 1 saturated heterocycles. The van der Waals surface area contributed by atoms with Crippen molar-refractivity contribution in [3.63, 3.8) is 0 Å². The van der Waals surface area contributed by atoms with Crippen molar-refractivity contribution >= 4 is 34.8 Å². The van der Waals surface area contributed by atoms with E-state index >= 15 is 0 Å². The summed E-state index contributed by atoms with van der Waals surface area (Å²) in [5.74, 6) is -1.23. The maximum absolute atomic E-state index is 12.7. The molecule has 220 valence electrons. The van der Waals surface area contributed by atoms with Crippen molar-refractivity contribution in [3.8, 4) is 0 Å². The summed E-state index contributed by atoms with van der Waals surface area (Å²) < 4.78 is 28.7. The molecule has 0 saturated carbocycles. The van der Waals surface area contributed by atoms with Gasteiger partial charge in [-0.1, -0.05) is 18.2 Å². The van der Waals surface area contributed by atoms with Crippen LogP contribution in [0.25, 0.3) is 11.2 Å². The molecule has 1 fully saturated rings. The monoisotopic (exact) mass is 573 g/mol. The van der Waals surface area contributed by atoms with Crippen LogP contribution in [0, 0.1) is 0 Å². The van der Waals surface area contributed by atoms with Crippen LogP contribution in [0.1, 0.15) is 36.9 Å². The summed E-state index contributed by atoms with van der Waals surface area (Å²) in [4.78, 5) is 47.8. The summed E-state index contributed by atoms with van der Waals surface area (Å²) in [6.07, 6.45) is -1.94. The van der Waals surface area contributed by atoms with Crippen LogP contribution in [0.2, 0.25) is 0 Å². The number of hydrogen-bond acceptors (Lipinski definition) is 13. The number of amides is 1. The highest BCUT2D eigenvalue weighted by Gasteiger charge is 2.46. The van der Waals surface area contributed by atoms with Gasteiger partial charge in [-0.3, -0.25) is 19.0 Å². The van der Waals surface area contributed by atoms with E-state index in [1.54, 1.807) is 30.3 Å². The molecule has 0 bridgehead atoms. The summed E-state index contributed by atoms with van der Waals surface area (Å²) in [7, 11) is 0. The smallest absolute Gasteiger partial charge is 0.303 e. The molecule has 0 radical (unpaired) electrons. The molecule has 41 heavy (non-hydrogen) atoms. The largest absolute Gasteiger partial charge is 0.462 e. The van der Waals surface area contributed by atoms with Crippen LogP contribution in [0.5, 0.6) is 0 Å². The predicted octanol–water partition coefficient (Wildman–Crippen LogP) is 0.573. The van der Waals surface area contributed by atoms with Gasteiger partial charge in [-0.05, 0) is 12.1 Å². The molecule has 1 unspecified atom stereocenters. The molecule has 1 aliphatic heterocycles. The topological polar surface area (TPSA) is 193 Å². The molecule has 3 heterocycles. The van der Waals surface area contributed by atoms with E-state index in [1.807, 2.05) is 0 Å². The van der Waals surface area contributed by atoms with Crippen LogP contribution in [0.4, 0.5) is 5.82 Å². The zero-order valence-electron chi connectivity index (χ0n) is 22.4. The van der Waals surface area contributed by atoms with Gasteiger partial charge in [-0.15, -0.1) is 0 Å². The van der Waals surface area contributed by atoms with Crippen molar-refractivity contribution in [1.29, 1.82) is 0 Å². The molecule has 1 aliphatic rings. The van der Waals surface area contributed by atoms with Crippen LogP contribution < -0.4 is 5.32 Å². The molecular formula is C26H31N5O10. The number of aliphatic hydroxyl groups is 2. The summed E-state index contributed by atoms with van der Waals surface area (Å²) in [5, 5.41) is 23.2. The first kappa shape index (κ1) is 30.0. The van der Waals surface area contributed by atoms with Gasteiger partial charge in [0.2, 0.25) is 0 Å². The van der Waals surface area contributed by atoms with Crippen molar-refractivity contribution in [2.24, 2.45) is 0 Å². The lowest BCUT2D eigenvalue weighted by Crippen LogP contribution is -2.36. The van der Waals surface area contributed by atoms with Gasteiger partial charge in [0.05, 0.1) is 19.5 Å². The molecule has 15 heteroatoms. The van der Waals surface area contributed by atoms with Gasteiger partial charge in [-0.25, -0.2) is 15.0 Å². The number of fused-ring (bicyclic) bond motifs is 1. The Morgan fingerprint density at radius 2 is 1.90 bits per heavy atom. The highest BCUT2D eigenvalue weighted by atomic mass is 16.7. The van der Waals surface area contributed by atoms with E-state index in [0.29, 0.717) is 11.2 Å². The van der Waals surface area contributed by atoms with E-state index in [-0.39, 0.29) is 43.7 Å². The second kappa shape index (κ2) is 14.0. The molecule has 2 aromatic heterocycles. The molecular weight excluding hydrogens is 542 g/mol. The third kappa shape index (κ3) is 7.59. The van der Waals surface area contributed by atoms with Gasteiger partial charge in [0.25, 0.3) is 5.91 Å². The number of carbonyl (C=O) groups excluding carboxylic acids is 3. The number of anilines is 1. The minimum absolute atomic E-state index is 0.0860. The third-order valence-electron chi connectivity index (χ3n) is 6.13. The van der Waals surface area contributed by atoms with Crippen molar-refractivity contribution in [2.45, 2.75) is 50.9 Å². The summed E-state index contributed by atoms with van der Waals surface area (Å²) >= 11 is 0. The Morgan fingerprint density at radius 1 is 1.12 bits per heavy atom. The number of ether oxygens (including phenoxy) is 5. The third-order valence-corrected chi connectivity index (χ3v) is 6.13. The normalized spacial score (nSPS) is 21.0. The highest BCUT2D eigenvalue weighted by Crippen LogP contribution is 2.34. The molecule has 4 rings (SSSR count). The average molecular weight is 574 g/mol. The Labute approximate surface area is 234 Å². The van der Waals surface area contributed by atoms with Crippen LogP contribution in [0.3, 0.4) is 0 Å². The fraction of sp³-hybridized carbons (Fsp3) is 0.462. The van der Waals surface area contributed by atoms with Crippen molar-refractivity contribution < 1.29 is 48.3 Å². The van der Waals surface area contributed by atoms with Gasteiger partial charge in [0.15, 0.2) is 23.2 Å². The fourth-order valence-corrected chi connectivity index (χ4v) is 4.19. The summed E-state index contributed by atoms with van der Waals surface area (Å²) in [6, 6.07) is 8.60. The lowest BCUT2D eigenvalue weighted by Gasteiger charge is -2.22. The average Bonchev–Trinajstić information content (AvgIpc) is 3.52. The second-order valence-corrected chi connectivity index (χ2v) is 9.08. The van der Waals surface area contributed by atoms with Gasteiger partial charge < -0.3 is 39.2 Å². The number of nitrogens with zero attached hydrogens (tertiary/aromatic N) is 4. The molecule has 0 aliphatic carbocycles. The fourth-order valence-electron chi connectivity index (χ4n) is 4.19. The van der Waals surface area contributed by atoms with Crippen molar-refractivity contribution in [2.75, 3.05) is 31.9 Å². The number of carbonyl (C=O) groups is 3. The first-order valence-corrected chi connectivity index (χ1v) is 12.8. The lowest BCUT2D eigenvalue weighted by molar-refractivity contribution is -0.160. The lowest BCUT2D eigenvalue weighted by atomic mass is 10.1. The minimum Gasteiger partial charge on any atom is -0.462 e. The highest BCUT2D eigenvalue weighted by molar-refractivity contribution is 6.06. The molecule has 15 nitrogen and oxygen atoms in total. The molecule has 3 aromatic rings. The maximum Gasteiger partial charge on any atom is 0.303 e. The Balaban J connectivity index is 1.42. The standard InChI is InChI=1S/C26H31N5O10/c1-15(33)38-11-18(40-16(2)34)8-9-37-14-39-22-21(35)19(10-32)41-26(22)31-13-29-20-23(27-12-28-24(20)31)30-25(36)17-6-4-3-5-7-17/h3-7,12-13,18-19,21-22,26,32,35H,8-11,14H2,1-2H3,(H,27,28,30,36)/t18?,19-,21-,22-,26-/m1/s1. The van der Waals surface area contributed by atoms with Crippen LogP contribution >= 0.6 is 0 Å². The van der Waals surface area contributed by atoms with E-state index < -0.39 is 49.2 Å². The first-order valence-electron chi connectivity index (χ1n) is 12.8. The van der Waals surface area contributed by atoms with E-state index in [2.05, 4.69) is 20.3 Å². The first-order chi connectivity index (χ1) is 19.8. The molecule has 1 aromatic carbocycles. The number of nitrogens with one attached hydrogen (secondary N) is 1. The van der Waals surface area contributed by atoms with E-state index in [0.717, 1.165) is 0 Å². The number of aromatic nitrogens is 4. The zero-order chi connectivity index (χ0) is 29.4. The Kier molecular flexibility index (Phi) is 10.3. The predicted molar refractivity (Wildman–Crippen MR) is 139 cm³/mol. The van der Waals surface area contributed by atoms with Crippen LogP contribution in [-0.2, 0) is 33.3 Å². The number of imidazole rings is 1. The molecule has 5 atom stereocenters. The summed E-state index contributed by atoms with van der Waals surface area (Å²) in [6.45, 7) is 1.71. The number of rotatable bonds is 13. The Bertz CT molecular complexity index is 1340. The second-order valence-electron chi connectivity index (χ2n) is 9.08. The number of esters is 2. The quantitative estimate of drug-likeness (QED) is 0.146. The Hall–Kier alpha value is -4.02. The van der Waals surface area contributed by atoms with Crippen molar-refractivity contribution in [1.82, 2.24) is 19.5 Å². The number of hydrogen-bond donors (Lipinski definition) is 3. The van der Waals surface area contributed by atoms with E-state index in [9.17, 15) is 24.6 Å². The minimum atomic E-state index is -1.22. The van der Waals surface area contributed by atoms with Gasteiger partial charge in [0, 0.05) is 25.8 Å². The SMILES string of the molecule is CC(=O)OCC(CCOCO[C@@H]1[C@H](O)[C@@H](CO)O[C@H]1n1cnc2c(NC(=O)c3ccccc3)ncnc21)OC(C)=O. The number of aliphatic hydroxyl groups excluding tert-OH is 2. The maximum atomic E-state index is 12.7. The van der Waals surface area contributed by atoms with E-state index in [4.69, 9.17) is 23.7 Å². The molecule has 3 N–H and O–H groups in total. The van der Waals surface area contributed by atoms with Gasteiger partial charge >= 0.3 is 11.9 Å². The van der Waals surface area contributed by atoms with Crippen molar-refractivity contribution in [3.05, 3.63) is 48.5 Å². The molecule has 0 spiro atoms. The molecule has 1 amide bonds. The van der Waals surface area contributed by atoms with Crippen LogP contribution in [-0.4, -0.2) is 98.6 Å². The number of benzene rings is 1.